The normalized spacial score (nSPS) is 26.7. The first-order valence-corrected chi connectivity index (χ1v) is 6.36. The Labute approximate surface area is 104 Å². The predicted octanol–water partition coefficient (Wildman–Crippen LogP) is 4.90. The molecule has 0 spiro atoms. The minimum atomic E-state index is 0.275. The van der Waals surface area contributed by atoms with Crippen LogP contribution in [0.5, 0.6) is 0 Å². The Hall–Kier alpha value is -1.56. The Morgan fingerprint density at radius 3 is 2.88 bits per heavy atom. The monoisotopic (exact) mass is 224 g/mol. The van der Waals surface area contributed by atoms with Crippen molar-refractivity contribution in [3.63, 3.8) is 0 Å². The van der Waals surface area contributed by atoms with E-state index in [4.69, 9.17) is 0 Å². The van der Waals surface area contributed by atoms with Crippen molar-refractivity contribution in [1.29, 1.82) is 0 Å². The third-order valence-corrected chi connectivity index (χ3v) is 3.46. The summed E-state index contributed by atoms with van der Waals surface area (Å²) in [6.07, 6.45) is 26.5. The van der Waals surface area contributed by atoms with Crippen LogP contribution in [0.15, 0.2) is 72.9 Å². The van der Waals surface area contributed by atoms with E-state index in [0.717, 1.165) is 25.7 Å². The van der Waals surface area contributed by atoms with Crippen LogP contribution < -0.4 is 0 Å². The van der Waals surface area contributed by atoms with Gasteiger partial charge in [0.1, 0.15) is 0 Å². The van der Waals surface area contributed by atoms with Crippen molar-refractivity contribution in [2.75, 3.05) is 0 Å². The Kier molecular flexibility index (Phi) is 3.98. The van der Waals surface area contributed by atoms with Gasteiger partial charge in [0.2, 0.25) is 0 Å². The van der Waals surface area contributed by atoms with Crippen LogP contribution in [0.3, 0.4) is 0 Å². The van der Waals surface area contributed by atoms with Gasteiger partial charge in [0.25, 0.3) is 0 Å². The molecule has 0 bridgehead atoms. The van der Waals surface area contributed by atoms with Gasteiger partial charge < -0.3 is 0 Å². The second-order valence-corrected chi connectivity index (χ2v) is 4.66. The SMILES string of the molecule is C=C/C=C\CC/C=C\C12CC=CC=C1C=CC2. The van der Waals surface area contributed by atoms with Gasteiger partial charge in [0.15, 0.2) is 0 Å². The molecule has 0 nitrogen and oxygen atoms in total. The summed E-state index contributed by atoms with van der Waals surface area (Å²) in [4.78, 5) is 0. The van der Waals surface area contributed by atoms with Crippen molar-refractivity contribution < 1.29 is 0 Å². The molecule has 0 saturated carbocycles. The van der Waals surface area contributed by atoms with Crippen LogP contribution in [0.4, 0.5) is 0 Å². The van der Waals surface area contributed by atoms with E-state index in [0.29, 0.717) is 0 Å². The zero-order valence-corrected chi connectivity index (χ0v) is 10.3. The maximum absolute atomic E-state index is 3.67. The molecule has 0 aliphatic heterocycles. The second-order valence-electron chi connectivity index (χ2n) is 4.66. The van der Waals surface area contributed by atoms with E-state index in [1.54, 1.807) is 0 Å². The van der Waals surface area contributed by atoms with Gasteiger partial charge in [-0.05, 0) is 31.3 Å². The van der Waals surface area contributed by atoms with Crippen LogP contribution in [0.2, 0.25) is 0 Å². The first kappa shape index (κ1) is 11.9. The first-order valence-electron chi connectivity index (χ1n) is 6.36. The molecule has 0 N–H and O–H groups in total. The van der Waals surface area contributed by atoms with Gasteiger partial charge in [-0.3, -0.25) is 0 Å². The fraction of sp³-hybridized carbons (Fsp3) is 0.294. The van der Waals surface area contributed by atoms with Crippen LogP contribution in [0, 0.1) is 5.41 Å². The summed E-state index contributed by atoms with van der Waals surface area (Å²) in [5.74, 6) is 0. The lowest BCUT2D eigenvalue weighted by Gasteiger charge is -2.28. The summed E-state index contributed by atoms with van der Waals surface area (Å²) in [6.45, 7) is 3.67. The topological polar surface area (TPSA) is 0 Å². The molecule has 17 heavy (non-hydrogen) atoms. The molecule has 1 unspecified atom stereocenters. The highest BCUT2D eigenvalue weighted by molar-refractivity contribution is 5.43. The summed E-state index contributed by atoms with van der Waals surface area (Å²) in [5.41, 5.74) is 1.74. The van der Waals surface area contributed by atoms with Gasteiger partial charge in [0, 0.05) is 5.41 Å². The van der Waals surface area contributed by atoms with Crippen molar-refractivity contribution in [3.05, 3.63) is 72.9 Å². The lowest BCUT2D eigenvalue weighted by atomic mass is 9.75. The van der Waals surface area contributed by atoms with Crippen molar-refractivity contribution in [2.24, 2.45) is 5.41 Å². The zero-order chi connectivity index (χ0) is 12.0. The van der Waals surface area contributed by atoms with Gasteiger partial charge in [-0.1, -0.05) is 67.3 Å². The molecule has 0 amide bonds. The Bertz CT molecular complexity index is 415. The highest BCUT2D eigenvalue weighted by atomic mass is 14.4. The fourth-order valence-corrected chi connectivity index (χ4v) is 2.48. The van der Waals surface area contributed by atoms with E-state index in [9.17, 15) is 0 Å². The number of unbranched alkanes of at least 4 members (excludes halogenated alkanes) is 1. The average Bonchev–Trinajstić information content (AvgIpc) is 2.77. The number of allylic oxidation sites excluding steroid dienone is 11. The third kappa shape index (κ3) is 2.76. The quantitative estimate of drug-likeness (QED) is 0.354. The molecule has 2 aliphatic rings. The molecule has 0 radical (unpaired) electrons. The van der Waals surface area contributed by atoms with E-state index in [1.807, 2.05) is 12.2 Å². The van der Waals surface area contributed by atoms with E-state index in [2.05, 4.69) is 55.2 Å². The molecule has 2 aliphatic carbocycles. The summed E-state index contributed by atoms with van der Waals surface area (Å²) in [5, 5.41) is 0. The predicted molar refractivity (Wildman–Crippen MR) is 75.7 cm³/mol. The molecular formula is C17H20. The van der Waals surface area contributed by atoms with Crippen molar-refractivity contribution >= 4 is 0 Å². The van der Waals surface area contributed by atoms with Crippen LogP contribution in [0.1, 0.15) is 25.7 Å². The van der Waals surface area contributed by atoms with E-state index >= 15 is 0 Å². The first-order chi connectivity index (χ1) is 8.37. The zero-order valence-electron chi connectivity index (χ0n) is 10.3. The number of hydrogen-bond acceptors (Lipinski definition) is 0. The molecule has 1 atom stereocenters. The smallest absolute Gasteiger partial charge is 0.0201 e. The molecule has 0 fully saturated rings. The summed E-state index contributed by atoms with van der Waals surface area (Å²) < 4.78 is 0. The van der Waals surface area contributed by atoms with Gasteiger partial charge >= 0.3 is 0 Å². The molecule has 0 heterocycles. The lowest BCUT2D eigenvalue weighted by molar-refractivity contribution is 0.495. The maximum atomic E-state index is 3.67. The molecule has 0 aromatic heterocycles. The van der Waals surface area contributed by atoms with Crippen LogP contribution in [0.25, 0.3) is 0 Å². The lowest BCUT2D eigenvalue weighted by Crippen LogP contribution is -2.16. The molecule has 0 heteroatoms. The Balaban J connectivity index is 1.92. The van der Waals surface area contributed by atoms with E-state index < -0.39 is 0 Å². The molecule has 0 aromatic carbocycles. The molecule has 0 aromatic rings. The number of rotatable bonds is 5. The molecule has 0 saturated heterocycles. The van der Waals surface area contributed by atoms with Crippen LogP contribution >= 0.6 is 0 Å². The highest BCUT2D eigenvalue weighted by Crippen LogP contribution is 2.44. The second kappa shape index (κ2) is 5.67. The Morgan fingerprint density at radius 1 is 1.18 bits per heavy atom. The van der Waals surface area contributed by atoms with Crippen molar-refractivity contribution in [1.82, 2.24) is 0 Å². The average molecular weight is 224 g/mol. The highest BCUT2D eigenvalue weighted by Gasteiger charge is 2.32. The summed E-state index contributed by atoms with van der Waals surface area (Å²) >= 11 is 0. The van der Waals surface area contributed by atoms with Gasteiger partial charge in [-0.25, -0.2) is 0 Å². The van der Waals surface area contributed by atoms with Gasteiger partial charge in [-0.15, -0.1) is 0 Å². The largest absolute Gasteiger partial charge is 0.0991 e. The Morgan fingerprint density at radius 2 is 2.00 bits per heavy atom. The van der Waals surface area contributed by atoms with Gasteiger partial charge in [0.05, 0.1) is 0 Å². The molecule has 88 valence electrons. The molecule has 2 rings (SSSR count). The van der Waals surface area contributed by atoms with Crippen molar-refractivity contribution in [2.45, 2.75) is 25.7 Å². The summed E-state index contributed by atoms with van der Waals surface area (Å²) in [6, 6.07) is 0. The van der Waals surface area contributed by atoms with Gasteiger partial charge in [-0.2, -0.15) is 0 Å². The standard InChI is InChI=1S/C17H20/c1-2-3-4-5-6-8-13-17-14-9-7-11-16(17)12-10-15-17/h2-4,7-13H,1,5-6,14-15H2/b4-3-,13-8-. The number of hydrogen-bond donors (Lipinski definition) is 0. The maximum Gasteiger partial charge on any atom is 0.0201 e. The number of fused-ring (bicyclic) bond motifs is 1. The fourth-order valence-electron chi connectivity index (χ4n) is 2.48. The summed E-state index contributed by atoms with van der Waals surface area (Å²) in [7, 11) is 0. The van der Waals surface area contributed by atoms with E-state index in [-0.39, 0.29) is 5.41 Å². The van der Waals surface area contributed by atoms with E-state index in [1.165, 1.54) is 5.57 Å². The minimum Gasteiger partial charge on any atom is -0.0991 e. The van der Waals surface area contributed by atoms with Crippen LogP contribution in [-0.4, -0.2) is 0 Å². The van der Waals surface area contributed by atoms with Crippen molar-refractivity contribution in [3.8, 4) is 0 Å². The molecular weight excluding hydrogens is 204 g/mol. The third-order valence-electron chi connectivity index (χ3n) is 3.46. The van der Waals surface area contributed by atoms with Crippen LogP contribution in [-0.2, 0) is 0 Å². The minimum absolute atomic E-state index is 0.275.